The normalized spacial score (nSPS) is 9.69. The van der Waals surface area contributed by atoms with Crippen molar-refractivity contribution in [3.05, 3.63) is 28.1 Å². The first-order chi connectivity index (χ1) is 6.19. The molecule has 0 aliphatic carbocycles. The molecule has 0 N–H and O–H groups in total. The molecule has 0 bridgehead atoms. The van der Waals surface area contributed by atoms with Crippen LogP contribution in [0.4, 0.5) is 5.69 Å². The van der Waals surface area contributed by atoms with E-state index >= 15 is 0 Å². The highest BCUT2D eigenvalue weighted by molar-refractivity contribution is 5.45. The highest BCUT2D eigenvalue weighted by Gasteiger charge is 2.15. The molecule has 1 rings (SSSR count). The lowest BCUT2D eigenvalue weighted by Gasteiger charge is -2.01. The number of rotatable bonds is 3. The molecule has 0 aliphatic heterocycles. The lowest BCUT2D eigenvalue weighted by Crippen LogP contribution is -1.97. The van der Waals surface area contributed by atoms with Crippen LogP contribution in [0.5, 0.6) is 5.75 Å². The highest BCUT2D eigenvalue weighted by Crippen LogP contribution is 2.25. The molecule has 0 spiro atoms. The predicted octanol–water partition coefficient (Wildman–Crippen LogP) is 1.56. The van der Waals surface area contributed by atoms with Crippen LogP contribution in [-0.4, -0.2) is 17.0 Å². The molecule has 1 heterocycles. The van der Waals surface area contributed by atoms with Crippen LogP contribution in [0.2, 0.25) is 0 Å². The maximum absolute atomic E-state index is 10.5. The van der Waals surface area contributed by atoms with E-state index in [9.17, 15) is 10.1 Å². The summed E-state index contributed by atoms with van der Waals surface area (Å²) < 4.78 is 4.80. The molecule has 5 heteroatoms. The first kappa shape index (κ1) is 9.44. The van der Waals surface area contributed by atoms with Gasteiger partial charge >= 0.3 is 5.69 Å². The van der Waals surface area contributed by atoms with Crippen molar-refractivity contribution in [3.63, 3.8) is 0 Å². The third kappa shape index (κ3) is 1.93. The Morgan fingerprint density at radius 1 is 1.69 bits per heavy atom. The standard InChI is InChI=1S/C8H10N2O3/c1-3-6-4-7(10(11)12)8(13-2)5-9-6/h4-5H,3H2,1-2H3. The molecule has 1 aromatic rings. The summed E-state index contributed by atoms with van der Waals surface area (Å²) in [4.78, 5) is 14.1. The number of pyridine rings is 1. The molecule has 70 valence electrons. The van der Waals surface area contributed by atoms with Crippen LogP contribution in [0, 0.1) is 10.1 Å². The molecular formula is C8H10N2O3. The molecule has 0 atom stereocenters. The summed E-state index contributed by atoms with van der Waals surface area (Å²) >= 11 is 0. The molecule has 0 fully saturated rings. The van der Waals surface area contributed by atoms with Crippen molar-refractivity contribution in [1.82, 2.24) is 4.98 Å². The molecule has 1 aromatic heterocycles. The fraction of sp³-hybridized carbons (Fsp3) is 0.375. The molecule has 0 aliphatic rings. The van der Waals surface area contributed by atoms with E-state index in [0.717, 1.165) is 0 Å². The number of aromatic nitrogens is 1. The number of aryl methyl sites for hydroxylation is 1. The molecule has 0 amide bonds. The van der Waals surface area contributed by atoms with Gasteiger partial charge in [0.15, 0.2) is 0 Å². The predicted molar refractivity (Wildman–Crippen MR) is 46.8 cm³/mol. The highest BCUT2D eigenvalue weighted by atomic mass is 16.6. The van der Waals surface area contributed by atoms with E-state index < -0.39 is 4.92 Å². The molecule has 0 radical (unpaired) electrons. The molecule has 13 heavy (non-hydrogen) atoms. The van der Waals surface area contributed by atoms with Gasteiger partial charge in [-0.1, -0.05) is 6.92 Å². The Hall–Kier alpha value is -1.65. The van der Waals surface area contributed by atoms with Crippen molar-refractivity contribution in [2.45, 2.75) is 13.3 Å². The van der Waals surface area contributed by atoms with Gasteiger partial charge in [-0.2, -0.15) is 0 Å². The number of hydrogen-bond donors (Lipinski definition) is 0. The van der Waals surface area contributed by atoms with Gasteiger partial charge in [0.05, 0.1) is 18.2 Å². The van der Waals surface area contributed by atoms with Gasteiger partial charge in [0.25, 0.3) is 0 Å². The molecule has 0 saturated carbocycles. The number of nitro groups is 1. The maximum Gasteiger partial charge on any atom is 0.314 e. The number of methoxy groups -OCH3 is 1. The van der Waals surface area contributed by atoms with Crippen LogP contribution in [0.3, 0.4) is 0 Å². The Morgan fingerprint density at radius 2 is 2.38 bits per heavy atom. The summed E-state index contributed by atoms with van der Waals surface area (Å²) in [5.74, 6) is 0.196. The Balaban J connectivity index is 3.18. The molecule has 5 nitrogen and oxygen atoms in total. The Kier molecular flexibility index (Phi) is 2.79. The number of ether oxygens (including phenoxy) is 1. The first-order valence-electron chi connectivity index (χ1n) is 3.86. The van der Waals surface area contributed by atoms with Crippen molar-refractivity contribution in [2.24, 2.45) is 0 Å². The largest absolute Gasteiger partial charge is 0.489 e. The smallest absolute Gasteiger partial charge is 0.314 e. The quantitative estimate of drug-likeness (QED) is 0.525. The minimum absolute atomic E-state index is 0.0330. The second kappa shape index (κ2) is 3.84. The van der Waals surface area contributed by atoms with Crippen LogP contribution in [-0.2, 0) is 6.42 Å². The minimum Gasteiger partial charge on any atom is -0.489 e. The van der Waals surface area contributed by atoms with Gasteiger partial charge in [-0.15, -0.1) is 0 Å². The van der Waals surface area contributed by atoms with Crippen molar-refractivity contribution in [3.8, 4) is 5.75 Å². The van der Waals surface area contributed by atoms with E-state index in [1.807, 2.05) is 6.92 Å². The number of hydrogen-bond acceptors (Lipinski definition) is 4. The lowest BCUT2D eigenvalue weighted by atomic mass is 10.2. The second-order valence-electron chi connectivity index (χ2n) is 2.46. The molecule has 0 saturated heterocycles. The average Bonchev–Trinajstić information content (AvgIpc) is 2.16. The molecule has 0 unspecified atom stereocenters. The van der Waals surface area contributed by atoms with Crippen molar-refractivity contribution in [1.29, 1.82) is 0 Å². The van der Waals surface area contributed by atoms with Crippen LogP contribution in [0.1, 0.15) is 12.6 Å². The zero-order valence-corrected chi connectivity index (χ0v) is 7.48. The van der Waals surface area contributed by atoms with Crippen LogP contribution < -0.4 is 4.74 Å². The van der Waals surface area contributed by atoms with Gasteiger partial charge in [-0.3, -0.25) is 15.1 Å². The third-order valence-electron chi connectivity index (χ3n) is 1.68. The van der Waals surface area contributed by atoms with Crippen molar-refractivity contribution in [2.75, 3.05) is 7.11 Å². The van der Waals surface area contributed by atoms with Gasteiger partial charge in [-0.05, 0) is 6.42 Å². The summed E-state index contributed by atoms with van der Waals surface area (Å²) in [6, 6.07) is 1.43. The van der Waals surface area contributed by atoms with E-state index in [4.69, 9.17) is 4.74 Å². The van der Waals surface area contributed by atoms with Gasteiger partial charge in [0.1, 0.15) is 0 Å². The Bertz CT molecular complexity index is 325. The first-order valence-corrected chi connectivity index (χ1v) is 3.86. The summed E-state index contributed by atoms with van der Waals surface area (Å²) in [6.45, 7) is 1.89. The summed E-state index contributed by atoms with van der Waals surface area (Å²) in [6.07, 6.45) is 2.04. The van der Waals surface area contributed by atoms with E-state index in [2.05, 4.69) is 4.98 Å². The van der Waals surface area contributed by atoms with E-state index in [0.29, 0.717) is 12.1 Å². The molecular weight excluding hydrogens is 172 g/mol. The Morgan fingerprint density at radius 3 is 2.85 bits per heavy atom. The fourth-order valence-corrected chi connectivity index (χ4v) is 0.967. The zero-order valence-electron chi connectivity index (χ0n) is 7.48. The summed E-state index contributed by atoms with van der Waals surface area (Å²) in [5.41, 5.74) is 0.654. The summed E-state index contributed by atoms with van der Waals surface area (Å²) in [7, 11) is 1.38. The second-order valence-corrected chi connectivity index (χ2v) is 2.46. The van der Waals surface area contributed by atoms with E-state index in [1.54, 1.807) is 0 Å². The van der Waals surface area contributed by atoms with Gasteiger partial charge in [0.2, 0.25) is 5.75 Å². The summed E-state index contributed by atoms with van der Waals surface area (Å²) in [5, 5.41) is 10.5. The number of nitrogens with zero attached hydrogens (tertiary/aromatic N) is 2. The van der Waals surface area contributed by atoms with Gasteiger partial charge < -0.3 is 4.74 Å². The van der Waals surface area contributed by atoms with Crippen molar-refractivity contribution >= 4 is 5.69 Å². The van der Waals surface area contributed by atoms with Gasteiger partial charge in [0, 0.05) is 11.8 Å². The minimum atomic E-state index is -0.473. The van der Waals surface area contributed by atoms with Crippen LogP contribution >= 0.6 is 0 Å². The monoisotopic (exact) mass is 182 g/mol. The van der Waals surface area contributed by atoms with Crippen molar-refractivity contribution < 1.29 is 9.66 Å². The van der Waals surface area contributed by atoms with E-state index in [-0.39, 0.29) is 11.4 Å². The van der Waals surface area contributed by atoms with E-state index in [1.165, 1.54) is 19.4 Å². The van der Waals surface area contributed by atoms with Crippen LogP contribution in [0.15, 0.2) is 12.3 Å². The zero-order chi connectivity index (χ0) is 9.84. The molecule has 0 aromatic carbocycles. The fourth-order valence-electron chi connectivity index (χ4n) is 0.967. The topological polar surface area (TPSA) is 65.3 Å². The maximum atomic E-state index is 10.5. The average molecular weight is 182 g/mol. The van der Waals surface area contributed by atoms with Gasteiger partial charge in [-0.25, -0.2) is 0 Å². The lowest BCUT2D eigenvalue weighted by molar-refractivity contribution is -0.385. The Labute approximate surface area is 75.5 Å². The SMILES string of the molecule is CCc1cc([N+](=O)[O-])c(OC)cn1. The third-order valence-corrected chi connectivity index (χ3v) is 1.68. The van der Waals surface area contributed by atoms with Crippen LogP contribution in [0.25, 0.3) is 0 Å².